The summed E-state index contributed by atoms with van der Waals surface area (Å²) in [7, 11) is -3.64. The SMILES string of the molecule is CCOc1ccc(C(C)(C)C)cc1S(=O)(=O)NC[C@H]1CCCO1. The minimum atomic E-state index is -3.64. The molecule has 1 aromatic carbocycles. The van der Waals surface area contributed by atoms with Gasteiger partial charge in [-0.1, -0.05) is 26.8 Å². The Morgan fingerprint density at radius 3 is 2.65 bits per heavy atom. The van der Waals surface area contributed by atoms with Gasteiger partial charge in [0, 0.05) is 13.2 Å². The molecule has 0 bridgehead atoms. The molecule has 6 heteroatoms. The molecule has 1 atom stereocenters. The number of hydrogen-bond acceptors (Lipinski definition) is 4. The number of nitrogens with one attached hydrogen (secondary N) is 1. The van der Waals surface area contributed by atoms with Gasteiger partial charge in [-0.15, -0.1) is 0 Å². The molecule has 1 aliphatic heterocycles. The fourth-order valence-corrected chi connectivity index (χ4v) is 3.78. The van der Waals surface area contributed by atoms with Crippen molar-refractivity contribution in [3.63, 3.8) is 0 Å². The van der Waals surface area contributed by atoms with E-state index in [-0.39, 0.29) is 16.4 Å². The number of hydrogen-bond donors (Lipinski definition) is 1. The molecule has 23 heavy (non-hydrogen) atoms. The van der Waals surface area contributed by atoms with Crippen LogP contribution in [0.15, 0.2) is 23.1 Å². The zero-order valence-corrected chi connectivity index (χ0v) is 15.2. The van der Waals surface area contributed by atoms with Crippen LogP contribution >= 0.6 is 0 Å². The Kier molecular flexibility index (Phi) is 5.70. The van der Waals surface area contributed by atoms with Crippen LogP contribution in [0.1, 0.15) is 46.1 Å². The molecule has 0 saturated carbocycles. The van der Waals surface area contributed by atoms with Crippen molar-refractivity contribution >= 4 is 10.0 Å². The lowest BCUT2D eigenvalue weighted by Crippen LogP contribution is -2.32. The zero-order chi connectivity index (χ0) is 17.1. The molecule has 0 unspecified atom stereocenters. The fourth-order valence-electron chi connectivity index (χ4n) is 2.55. The smallest absolute Gasteiger partial charge is 0.244 e. The number of ether oxygens (including phenoxy) is 2. The number of rotatable bonds is 6. The maximum atomic E-state index is 12.7. The Morgan fingerprint density at radius 1 is 1.35 bits per heavy atom. The minimum absolute atomic E-state index is 0.0360. The van der Waals surface area contributed by atoms with Crippen LogP contribution in [0.3, 0.4) is 0 Å². The van der Waals surface area contributed by atoms with Crippen molar-refractivity contribution < 1.29 is 17.9 Å². The van der Waals surface area contributed by atoms with Crippen LogP contribution in [0.5, 0.6) is 5.75 Å². The molecule has 5 nitrogen and oxygen atoms in total. The first-order chi connectivity index (χ1) is 10.7. The van der Waals surface area contributed by atoms with Crippen molar-refractivity contribution in [1.82, 2.24) is 4.72 Å². The molecule has 0 radical (unpaired) electrons. The van der Waals surface area contributed by atoms with Crippen molar-refractivity contribution in [2.24, 2.45) is 0 Å². The summed E-state index contributed by atoms with van der Waals surface area (Å²) in [6.45, 7) is 9.43. The van der Waals surface area contributed by atoms with E-state index >= 15 is 0 Å². The summed E-state index contributed by atoms with van der Waals surface area (Å²) in [6, 6.07) is 5.37. The molecular weight excluding hydrogens is 314 g/mol. The maximum absolute atomic E-state index is 12.7. The van der Waals surface area contributed by atoms with Gasteiger partial charge in [0.1, 0.15) is 10.6 Å². The van der Waals surface area contributed by atoms with Crippen LogP contribution in [0.25, 0.3) is 0 Å². The van der Waals surface area contributed by atoms with Gasteiger partial charge in [-0.05, 0) is 42.9 Å². The van der Waals surface area contributed by atoms with Gasteiger partial charge >= 0.3 is 0 Å². The minimum Gasteiger partial charge on any atom is -0.492 e. The first-order valence-corrected chi connectivity index (χ1v) is 9.61. The summed E-state index contributed by atoms with van der Waals surface area (Å²) in [4.78, 5) is 0.199. The molecule has 0 aliphatic carbocycles. The summed E-state index contributed by atoms with van der Waals surface area (Å²) >= 11 is 0. The number of sulfonamides is 1. The first-order valence-electron chi connectivity index (χ1n) is 8.12. The molecule has 130 valence electrons. The standard InChI is InChI=1S/C17H27NO4S/c1-5-21-15-9-8-13(17(2,3)4)11-16(15)23(19,20)18-12-14-7-6-10-22-14/h8-9,11,14,18H,5-7,10,12H2,1-4H3/t14-/m1/s1. The van der Waals surface area contributed by atoms with Gasteiger partial charge in [0.25, 0.3) is 0 Å². The molecule has 0 spiro atoms. The molecule has 1 N–H and O–H groups in total. The second-order valence-electron chi connectivity index (χ2n) is 6.83. The highest BCUT2D eigenvalue weighted by molar-refractivity contribution is 7.89. The Hall–Kier alpha value is -1.11. The van der Waals surface area contributed by atoms with Gasteiger partial charge in [0.15, 0.2) is 0 Å². The molecule has 1 aromatic rings. The van der Waals surface area contributed by atoms with Crippen molar-refractivity contribution in [3.8, 4) is 5.75 Å². The summed E-state index contributed by atoms with van der Waals surface area (Å²) in [5.41, 5.74) is 0.822. The topological polar surface area (TPSA) is 64.6 Å². The molecule has 1 heterocycles. The Bertz CT molecular complexity index is 628. The third-order valence-corrected chi connectivity index (χ3v) is 5.37. The highest BCUT2D eigenvalue weighted by atomic mass is 32.2. The molecule has 1 saturated heterocycles. The fraction of sp³-hybridized carbons (Fsp3) is 0.647. The lowest BCUT2D eigenvalue weighted by Gasteiger charge is -2.21. The van der Waals surface area contributed by atoms with Crippen molar-refractivity contribution in [3.05, 3.63) is 23.8 Å². The summed E-state index contributed by atoms with van der Waals surface area (Å²) in [6.07, 6.45) is 1.84. The van der Waals surface area contributed by atoms with Crippen molar-refractivity contribution in [2.45, 2.75) is 57.0 Å². The second-order valence-corrected chi connectivity index (χ2v) is 8.57. The van der Waals surface area contributed by atoms with Crippen LogP contribution in [0, 0.1) is 0 Å². The van der Waals surface area contributed by atoms with E-state index in [9.17, 15) is 8.42 Å². The monoisotopic (exact) mass is 341 g/mol. The lowest BCUT2D eigenvalue weighted by atomic mass is 9.87. The van der Waals surface area contributed by atoms with E-state index in [2.05, 4.69) is 25.5 Å². The van der Waals surface area contributed by atoms with Crippen molar-refractivity contribution in [2.75, 3.05) is 19.8 Å². The predicted molar refractivity (Wildman–Crippen MR) is 90.5 cm³/mol. The Balaban J connectivity index is 2.29. The van der Waals surface area contributed by atoms with Crippen LogP contribution in [0.4, 0.5) is 0 Å². The highest BCUT2D eigenvalue weighted by Crippen LogP contribution is 2.31. The molecule has 0 aromatic heterocycles. The molecule has 1 aliphatic rings. The quantitative estimate of drug-likeness (QED) is 0.864. The normalized spacial score (nSPS) is 19.0. The van der Waals surface area contributed by atoms with Crippen LogP contribution in [0.2, 0.25) is 0 Å². The van der Waals surface area contributed by atoms with Gasteiger partial charge in [0.05, 0.1) is 12.7 Å². The van der Waals surface area contributed by atoms with Crippen LogP contribution in [-0.2, 0) is 20.2 Å². The van der Waals surface area contributed by atoms with E-state index < -0.39 is 10.0 Å². The predicted octanol–water partition coefficient (Wildman–Crippen LogP) is 2.84. The van der Waals surface area contributed by atoms with Crippen LogP contribution < -0.4 is 9.46 Å². The summed E-state index contributed by atoms with van der Waals surface area (Å²) < 4.78 is 39.1. The maximum Gasteiger partial charge on any atom is 0.244 e. The number of benzene rings is 1. The summed E-state index contributed by atoms with van der Waals surface area (Å²) in [5.74, 6) is 0.389. The zero-order valence-electron chi connectivity index (χ0n) is 14.4. The van der Waals surface area contributed by atoms with Gasteiger partial charge in [-0.3, -0.25) is 0 Å². The van der Waals surface area contributed by atoms with E-state index in [1.807, 2.05) is 13.0 Å². The molecule has 1 fully saturated rings. The molecule has 2 rings (SSSR count). The first kappa shape index (κ1) is 18.2. The third-order valence-electron chi connectivity index (χ3n) is 3.92. The van der Waals surface area contributed by atoms with Gasteiger partial charge in [-0.25, -0.2) is 13.1 Å². The Morgan fingerprint density at radius 2 is 2.09 bits per heavy atom. The van der Waals surface area contributed by atoms with E-state index in [1.165, 1.54) is 0 Å². The van der Waals surface area contributed by atoms with E-state index in [0.29, 0.717) is 25.5 Å². The lowest BCUT2D eigenvalue weighted by molar-refractivity contribution is 0.114. The second kappa shape index (κ2) is 7.20. The average molecular weight is 341 g/mol. The third kappa shape index (κ3) is 4.68. The van der Waals surface area contributed by atoms with Gasteiger partial charge in [-0.2, -0.15) is 0 Å². The van der Waals surface area contributed by atoms with E-state index in [1.54, 1.807) is 12.1 Å². The van der Waals surface area contributed by atoms with Gasteiger partial charge in [0.2, 0.25) is 10.0 Å². The highest BCUT2D eigenvalue weighted by Gasteiger charge is 2.25. The Labute approximate surface area is 139 Å². The molecule has 0 amide bonds. The van der Waals surface area contributed by atoms with Crippen LogP contribution in [-0.4, -0.2) is 34.3 Å². The van der Waals surface area contributed by atoms with Crippen molar-refractivity contribution in [1.29, 1.82) is 0 Å². The largest absolute Gasteiger partial charge is 0.492 e. The summed E-state index contributed by atoms with van der Waals surface area (Å²) in [5, 5.41) is 0. The molecular formula is C17H27NO4S. The van der Waals surface area contributed by atoms with Gasteiger partial charge < -0.3 is 9.47 Å². The average Bonchev–Trinajstić information content (AvgIpc) is 2.98. The van der Waals surface area contributed by atoms with E-state index in [4.69, 9.17) is 9.47 Å². The van der Waals surface area contributed by atoms with E-state index in [0.717, 1.165) is 18.4 Å².